The summed E-state index contributed by atoms with van der Waals surface area (Å²) in [5.74, 6) is -0.459. The fourth-order valence-electron chi connectivity index (χ4n) is 4.08. The number of carbonyl (C=O) groups excluding carboxylic acids is 2. The summed E-state index contributed by atoms with van der Waals surface area (Å²) in [6.07, 6.45) is 3.08. The Morgan fingerprint density at radius 2 is 1.66 bits per heavy atom. The van der Waals surface area contributed by atoms with E-state index in [1.54, 1.807) is 18.2 Å². The second kappa shape index (κ2) is 10.4. The maximum Gasteiger partial charge on any atom is 0.255 e. The Morgan fingerprint density at radius 3 is 2.23 bits per heavy atom. The molecule has 5 heteroatoms. The first-order chi connectivity index (χ1) is 16.4. The molecule has 0 aliphatic carbocycles. The molecule has 2 amide bonds. The molecule has 3 rings (SSSR count). The molecule has 1 radical (unpaired) electrons. The van der Waals surface area contributed by atoms with Gasteiger partial charge in [0.2, 0.25) is 5.91 Å². The van der Waals surface area contributed by atoms with Gasteiger partial charge in [0.05, 0.1) is 11.4 Å². The molecule has 0 atom stereocenters. The molecule has 3 aromatic rings. The molecule has 0 aliphatic rings. The Balaban J connectivity index is 2.23. The predicted octanol–water partition coefficient (Wildman–Crippen LogP) is 6.51. The fourth-order valence-corrected chi connectivity index (χ4v) is 4.08. The molecule has 0 spiro atoms. The third kappa shape index (κ3) is 6.56. The van der Waals surface area contributed by atoms with Crippen LogP contribution in [0.1, 0.15) is 77.8 Å². The van der Waals surface area contributed by atoms with E-state index in [0.717, 1.165) is 40.1 Å². The summed E-state index contributed by atoms with van der Waals surface area (Å²) in [5, 5.41) is 3.11. The first-order valence-corrected chi connectivity index (χ1v) is 12.0. The number of benzene rings is 2. The van der Waals surface area contributed by atoms with Gasteiger partial charge in [0.25, 0.3) is 5.91 Å². The molecule has 0 aliphatic heterocycles. The number of nitrogens with zero attached hydrogens (tertiary/aromatic N) is 1. The van der Waals surface area contributed by atoms with Gasteiger partial charge in [-0.3, -0.25) is 14.6 Å². The molecule has 0 fully saturated rings. The van der Waals surface area contributed by atoms with Crippen LogP contribution in [0, 0.1) is 31.6 Å². The Morgan fingerprint density at radius 1 is 1.03 bits per heavy atom. The number of nitrogens with one attached hydrogen (secondary N) is 1. The van der Waals surface area contributed by atoms with E-state index >= 15 is 0 Å². The van der Waals surface area contributed by atoms with Gasteiger partial charge in [-0.25, -0.2) is 0 Å². The number of rotatable bonds is 7. The highest BCUT2D eigenvalue weighted by molar-refractivity contribution is 6.08. The number of carbonyl (C=O) groups is 2. The summed E-state index contributed by atoms with van der Waals surface area (Å²) in [6, 6.07) is 14.8. The van der Waals surface area contributed by atoms with Crippen LogP contribution in [-0.2, 0) is 6.42 Å². The van der Waals surface area contributed by atoms with E-state index in [0.29, 0.717) is 22.7 Å². The van der Waals surface area contributed by atoms with E-state index in [-0.39, 0.29) is 11.3 Å². The average Bonchev–Trinajstić information content (AvgIpc) is 2.76. The molecule has 3 N–H and O–H groups in total. The van der Waals surface area contributed by atoms with Crippen molar-refractivity contribution in [3.05, 3.63) is 88.6 Å². The molecule has 1 aromatic heterocycles. The van der Waals surface area contributed by atoms with E-state index in [2.05, 4.69) is 77.5 Å². The summed E-state index contributed by atoms with van der Waals surface area (Å²) in [6.45, 7) is 14.9. The van der Waals surface area contributed by atoms with Crippen LogP contribution in [-0.4, -0.2) is 16.8 Å². The number of nitrogens with two attached hydrogens (primary N) is 1. The largest absolute Gasteiger partial charge is 0.366 e. The summed E-state index contributed by atoms with van der Waals surface area (Å²) in [4.78, 5) is 29.9. The zero-order valence-corrected chi connectivity index (χ0v) is 21.8. The lowest BCUT2D eigenvalue weighted by atomic mass is 9.82. The molecular weight excluding hydrogens is 434 g/mol. The number of amides is 2. The molecule has 35 heavy (non-hydrogen) atoms. The summed E-state index contributed by atoms with van der Waals surface area (Å²) in [7, 11) is 0. The number of aryl methyl sites for hydroxylation is 2. The first-order valence-electron chi connectivity index (χ1n) is 12.0. The summed E-state index contributed by atoms with van der Waals surface area (Å²) >= 11 is 0. The van der Waals surface area contributed by atoms with E-state index in [1.807, 2.05) is 6.92 Å². The van der Waals surface area contributed by atoms with Gasteiger partial charge in [-0.05, 0) is 67.3 Å². The number of hydrogen-bond donors (Lipinski definition) is 2. The minimum atomic E-state index is -0.571. The third-order valence-corrected chi connectivity index (χ3v) is 5.66. The van der Waals surface area contributed by atoms with Gasteiger partial charge in [0.15, 0.2) is 0 Å². The van der Waals surface area contributed by atoms with Gasteiger partial charge >= 0.3 is 0 Å². The SMILES string of the molecule is Cc1ccc(-c2c([CH]C(C)(C)C)c(CC(C)C)nc(C)c2NC(=O)c2cccc(C(N)=O)c2)cc1. The topological polar surface area (TPSA) is 85.1 Å². The van der Waals surface area contributed by atoms with Crippen molar-refractivity contribution in [1.29, 1.82) is 0 Å². The van der Waals surface area contributed by atoms with Crippen molar-refractivity contribution in [3.8, 4) is 11.1 Å². The van der Waals surface area contributed by atoms with Crippen molar-refractivity contribution in [2.24, 2.45) is 17.1 Å². The first kappa shape index (κ1) is 26.1. The molecular formula is C30H36N3O2. The minimum Gasteiger partial charge on any atom is -0.366 e. The monoisotopic (exact) mass is 470 g/mol. The van der Waals surface area contributed by atoms with Crippen molar-refractivity contribution in [1.82, 2.24) is 4.98 Å². The molecule has 183 valence electrons. The van der Waals surface area contributed by atoms with E-state index in [9.17, 15) is 9.59 Å². The van der Waals surface area contributed by atoms with Gasteiger partial charge in [-0.15, -0.1) is 0 Å². The van der Waals surface area contributed by atoms with Crippen molar-refractivity contribution in [2.45, 2.75) is 54.9 Å². The predicted molar refractivity (Wildman–Crippen MR) is 143 cm³/mol. The van der Waals surface area contributed by atoms with Gasteiger partial charge in [-0.2, -0.15) is 0 Å². The van der Waals surface area contributed by atoms with Gasteiger partial charge in [0.1, 0.15) is 0 Å². The van der Waals surface area contributed by atoms with Crippen LogP contribution in [0.2, 0.25) is 0 Å². The zero-order valence-electron chi connectivity index (χ0n) is 21.8. The average molecular weight is 471 g/mol. The molecule has 1 heterocycles. The second-order valence-electron chi connectivity index (χ2n) is 10.7. The van der Waals surface area contributed by atoms with Crippen LogP contribution in [0.5, 0.6) is 0 Å². The van der Waals surface area contributed by atoms with Gasteiger partial charge in [-0.1, -0.05) is 70.5 Å². The summed E-state index contributed by atoms with van der Waals surface area (Å²) in [5.41, 5.74) is 12.6. The normalized spacial score (nSPS) is 11.5. The lowest BCUT2D eigenvalue weighted by Gasteiger charge is -2.26. The van der Waals surface area contributed by atoms with Crippen LogP contribution in [0.25, 0.3) is 11.1 Å². The quantitative estimate of drug-likeness (QED) is 0.412. The molecule has 0 saturated heterocycles. The van der Waals surface area contributed by atoms with Crippen molar-refractivity contribution < 1.29 is 9.59 Å². The Hall–Kier alpha value is -3.47. The standard InChI is InChI=1S/C30H36N3O2/c1-18(2)15-25-24(17-30(5,6)7)26(21-13-11-19(3)12-14-21)27(20(4)32-25)33-29(35)23-10-8-9-22(16-23)28(31)34/h8-14,16-18H,15H2,1-7H3,(H2,31,34)(H,33,35). The number of aromatic nitrogens is 1. The van der Waals surface area contributed by atoms with Gasteiger partial charge in [0, 0.05) is 22.4 Å². The second-order valence-corrected chi connectivity index (χ2v) is 10.7. The van der Waals surface area contributed by atoms with E-state index < -0.39 is 5.91 Å². The van der Waals surface area contributed by atoms with Gasteiger partial charge < -0.3 is 11.1 Å². The maximum absolute atomic E-state index is 13.3. The number of anilines is 1. The highest BCUT2D eigenvalue weighted by Crippen LogP contribution is 2.40. The molecule has 0 saturated carbocycles. The van der Waals surface area contributed by atoms with Crippen LogP contribution in [0.3, 0.4) is 0 Å². The fraction of sp³-hybridized carbons (Fsp3) is 0.333. The number of primary amides is 1. The minimum absolute atomic E-state index is 0.0980. The number of hydrogen-bond acceptors (Lipinski definition) is 3. The van der Waals surface area contributed by atoms with Crippen LogP contribution in [0.15, 0.2) is 48.5 Å². The van der Waals surface area contributed by atoms with Crippen LogP contribution < -0.4 is 11.1 Å². The van der Waals surface area contributed by atoms with E-state index in [4.69, 9.17) is 10.7 Å². The van der Waals surface area contributed by atoms with Crippen molar-refractivity contribution in [3.63, 3.8) is 0 Å². The maximum atomic E-state index is 13.3. The molecule has 2 aromatic carbocycles. The highest BCUT2D eigenvalue weighted by atomic mass is 16.2. The lowest BCUT2D eigenvalue weighted by molar-refractivity contribution is 0.1000. The smallest absolute Gasteiger partial charge is 0.255 e. The zero-order chi connectivity index (χ0) is 25.9. The molecule has 5 nitrogen and oxygen atoms in total. The van der Waals surface area contributed by atoms with Crippen molar-refractivity contribution >= 4 is 17.5 Å². The molecule has 0 unspecified atom stereocenters. The lowest BCUT2D eigenvalue weighted by Crippen LogP contribution is -2.19. The highest BCUT2D eigenvalue weighted by Gasteiger charge is 2.25. The molecule has 0 bridgehead atoms. The van der Waals surface area contributed by atoms with Crippen LogP contribution >= 0.6 is 0 Å². The van der Waals surface area contributed by atoms with Crippen LogP contribution in [0.4, 0.5) is 5.69 Å². The number of pyridine rings is 1. The Kier molecular flexibility index (Phi) is 7.79. The van der Waals surface area contributed by atoms with E-state index in [1.165, 1.54) is 6.07 Å². The Bertz CT molecular complexity index is 1240. The summed E-state index contributed by atoms with van der Waals surface area (Å²) < 4.78 is 0. The van der Waals surface area contributed by atoms with Crippen molar-refractivity contribution in [2.75, 3.05) is 5.32 Å². The third-order valence-electron chi connectivity index (χ3n) is 5.66. The Labute approximate surface area is 209 Å².